The van der Waals surface area contributed by atoms with Crippen LogP contribution in [-0.2, 0) is 9.47 Å². The summed E-state index contributed by atoms with van der Waals surface area (Å²) in [5, 5.41) is 2.46. The second kappa shape index (κ2) is 6.57. The van der Waals surface area contributed by atoms with Gasteiger partial charge in [0, 0.05) is 13.1 Å². The lowest BCUT2D eigenvalue weighted by Crippen LogP contribution is -2.45. The maximum absolute atomic E-state index is 11.6. The van der Waals surface area contributed by atoms with Gasteiger partial charge < -0.3 is 9.47 Å². The zero-order valence-electron chi connectivity index (χ0n) is 9.63. The average Bonchev–Trinajstić information content (AvgIpc) is 2.82. The molecule has 0 aromatic heterocycles. The van der Waals surface area contributed by atoms with Crippen LogP contribution in [0.25, 0.3) is 0 Å². The van der Waals surface area contributed by atoms with Crippen LogP contribution >= 0.6 is 0 Å². The largest absolute Gasteiger partial charge is 0.444 e. The predicted molar refractivity (Wildman–Crippen MR) is 61.1 cm³/mol. The zero-order valence-corrected chi connectivity index (χ0v) is 9.63. The zero-order chi connectivity index (χ0) is 12.7. The lowest BCUT2D eigenvalue weighted by molar-refractivity contribution is 0.0126. The highest BCUT2D eigenvalue weighted by Gasteiger charge is 2.32. The molecule has 6 nitrogen and oxygen atoms in total. The van der Waals surface area contributed by atoms with Crippen molar-refractivity contribution in [1.29, 1.82) is 0 Å². The maximum Gasteiger partial charge on any atom is 0.429 e. The van der Waals surface area contributed by atoms with Crippen molar-refractivity contribution < 1.29 is 19.1 Å². The number of carbonyl (C=O) groups excluding carboxylic acids is 2. The van der Waals surface area contributed by atoms with Crippen molar-refractivity contribution in [3.8, 4) is 0 Å². The molecule has 0 aliphatic carbocycles. The SMILES string of the molecule is C=CCOC(=O)N1CCCN1C(=O)OCC=C. The smallest absolute Gasteiger partial charge is 0.429 e. The molecule has 0 atom stereocenters. The summed E-state index contributed by atoms with van der Waals surface area (Å²) >= 11 is 0. The molecule has 0 saturated carbocycles. The van der Waals surface area contributed by atoms with Gasteiger partial charge in [0.25, 0.3) is 0 Å². The quantitative estimate of drug-likeness (QED) is 0.699. The number of hydrogen-bond donors (Lipinski definition) is 0. The van der Waals surface area contributed by atoms with Gasteiger partial charge in [-0.05, 0) is 6.42 Å². The van der Waals surface area contributed by atoms with Gasteiger partial charge in [-0.3, -0.25) is 0 Å². The van der Waals surface area contributed by atoms with Gasteiger partial charge in [-0.25, -0.2) is 19.6 Å². The molecule has 0 bridgehead atoms. The summed E-state index contributed by atoms with van der Waals surface area (Å²) in [6.07, 6.45) is 2.49. The van der Waals surface area contributed by atoms with Gasteiger partial charge in [-0.15, -0.1) is 0 Å². The van der Waals surface area contributed by atoms with Crippen molar-refractivity contribution in [2.45, 2.75) is 6.42 Å². The molecular formula is C11H16N2O4. The molecule has 0 radical (unpaired) electrons. The van der Waals surface area contributed by atoms with E-state index in [-0.39, 0.29) is 13.2 Å². The van der Waals surface area contributed by atoms with Crippen molar-refractivity contribution in [1.82, 2.24) is 10.0 Å². The summed E-state index contributed by atoms with van der Waals surface area (Å²) in [5.74, 6) is 0. The van der Waals surface area contributed by atoms with Crippen LogP contribution in [0, 0.1) is 0 Å². The van der Waals surface area contributed by atoms with Crippen molar-refractivity contribution in [2.75, 3.05) is 26.3 Å². The summed E-state index contributed by atoms with van der Waals surface area (Å²) in [4.78, 5) is 23.2. The molecule has 1 fully saturated rings. The molecule has 1 aliphatic rings. The summed E-state index contributed by atoms with van der Waals surface area (Å²) in [6, 6.07) is 0. The van der Waals surface area contributed by atoms with Crippen LogP contribution in [0.5, 0.6) is 0 Å². The Balaban J connectivity index is 2.53. The molecule has 1 rings (SSSR count). The Morgan fingerprint density at radius 1 is 1.00 bits per heavy atom. The number of hydrazine groups is 1. The Bertz CT molecular complexity index is 287. The molecule has 1 aliphatic heterocycles. The van der Waals surface area contributed by atoms with Crippen LogP contribution in [0.2, 0.25) is 0 Å². The summed E-state index contributed by atoms with van der Waals surface area (Å²) in [7, 11) is 0. The second-order valence-electron chi connectivity index (χ2n) is 3.33. The van der Waals surface area contributed by atoms with Gasteiger partial charge in [0.05, 0.1) is 0 Å². The first kappa shape index (κ1) is 13.1. The number of carbonyl (C=O) groups is 2. The Hall–Kier alpha value is -1.98. The van der Waals surface area contributed by atoms with E-state index in [1.54, 1.807) is 0 Å². The lowest BCUT2D eigenvalue weighted by atomic mass is 10.5. The van der Waals surface area contributed by atoms with Crippen molar-refractivity contribution in [3.63, 3.8) is 0 Å². The number of amides is 2. The minimum atomic E-state index is -0.571. The highest BCUT2D eigenvalue weighted by molar-refractivity contribution is 5.74. The second-order valence-corrected chi connectivity index (χ2v) is 3.33. The third kappa shape index (κ3) is 3.51. The lowest BCUT2D eigenvalue weighted by Gasteiger charge is -2.25. The summed E-state index contributed by atoms with van der Waals surface area (Å²) < 4.78 is 9.72. The molecule has 0 aromatic rings. The topological polar surface area (TPSA) is 59.1 Å². The Kier molecular flexibility index (Phi) is 5.06. The van der Waals surface area contributed by atoms with Crippen molar-refractivity contribution >= 4 is 12.2 Å². The molecule has 1 saturated heterocycles. The Morgan fingerprint density at radius 2 is 1.41 bits per heavy atom. The summed E-state index contributed by atoms with van der Waals surface area (Å²) in [5.41, 5.74) is 0. The molecule has 17 heavy (non-hydrogen) atoms. The van der Waals surface area contributed by atoms with Gasteiger partial charge in [-0.2, -0.15) is 0 Å². The normalized spacial score (nSPS) is 14.4. The van der Waals surface area contributed by atoms with Gasteiger partial charge in [0.2, 0.25) is 0 Å². The standard InChI is InChI=1S/C11H16N2O4/c1-3-8-16-10(14)12-6-5-7-13(12)11(15)17-9-4-2/h3-4H,1-2,5-9H2. The third-order valence-electron chi connectivity index (χ3n) is 2.10. The highest BCUT2D eigenvalue weighted by Crippen LogP contribution is 2.13. The van der Waals surface area contributed by atoms with Crippen molar-refractivity contribution in [3.05, 3.63) is 25.3 Å². The molecule has 94 valence electrons. The van der Waals surface area contributed by atoms with Crippen molar-refractivity contribution in [2.24, 2.45) is 0 Å². The predicted octanol–water partition coefficient (Wildman–Crippen LogP) is 1.55. The molecular weight excluding hydrogens is 224 g/mol. The van der Waals surface area contributed by atoms with Crippen LogP contribution in [0.1, 0.15) is 6.42 Å². The molecule has 0 aromatic carbocycles. The van der Waals surface area contributed by atoms with Gasteiger partial charge in [-0.1, -0.05) is 25.3 Å². The fourth-order valence-corrected chi connectivity index (χ4v) is 1.40. The van der Waals surface area contributed by atoms with E-state index >= 15 is 0 Å². The van der Waals surface area contributed by atoms with Gasteiger partial charge >= 0.3 is 12.2 Å². The number of ether oxygens (including phenoxy) is 2. The van der Waals surface area contributed by atoms with Crippen LogP contribution in [0.15, 0.2) is 25.3 Å². The fraction of sp³-hybridized carbons (Fsp3) is 0.455. The first-order valence-corrected chi connectivity index (χ1v) is 5.31. The van der Waals surface area contributed by atoms with Crippen LogP contribution in [0.3, 0.4) is 0 Å². The van der Waals surface area contributed by atoms with Crippen LogP contribution < -0.4 is 0 Å². The van der Waals surface area contributed by atoms with E-state index in [2.05, 4.69) is 13.2 Å². The molecule has 0 unspecified atom stereocenters. The van der Waals surface area contributed by atoms with E-state index in [1.165, 1.54) is 22.2 Å². The Labute approximate surface area is 100 Å². The number of nitrogens with zero attached hydrogens (tertiary/aromatic N) is 2. The summed E-state index contributed by atoms with van der Waals surface area (Å²) in [6.45, 7) is 8.00. The first-order chi connectivity index (χ1) is 8.20. The van der Waals surface area contributed by atoms with E-state index < -0.39 is 12.2 Å². The minimum absolute atomic E-state index is 0.116. The molecule has 6 heteroatoms. The number of rotatable bonds is 4. The third-order valence-corrected chi connectivity index (χ3v) is 2.10. The fourth-order valence-electron chi connectivity index (χ4n) is 1.40. The van der Waals surface area contributed by atoms with Crippen LogP contribution in [-0.4, -0.2) is 48.5 Å². The average molecular weight is 240 g/mol. The minimum Gasteiger partial charge on any atom is -0.444 e. The highest BCUT2D eigenvalue weighted by atomic mass is 16.6. The molecule has 1 heterocycles. The monoisotopic (exact) mass is 240 g/mol. The van der Waals surface area contributed by atoms with E-state index in [1.807, 2.05) is 0 Å². The van der Waals surface area contributed by atoms with E-state index in [0.717, 1.165) is 0 Å². The van der Waals surface area contributed by atoms with Gasteiger partial charge in [0.1, 0.15) is 13.2 Å². The molecule has 0 spiro atoms. The Morgan fingerprint density at radius 3 is 1.76 bits per heavy atom. The number of hydrogen-bond acceptors (Lipinski definition) is 4. The first-order valence-electron chi connectivity index (χ1n) is 5.31. The molecule has 2 amide bonds. The maximum atomic E-state index is 11.6. The van der Waals surface area contributed by atoms with Gasteiger partial charge in [0.15, 0.2) is 0 Å². The van der Waals surface area contributed by atoms with Crippen LogP contribution in [0.4, 0.5) is 9.59 Å². The van der Waals surface area contributed by atoms with E-state index in [9.17, 15) is 9.59 Å². The van der Waals surface area contributed by atoms with E-state index in [0.29, 0.717) is 19.5 Å². The van der Waals surface area contributed by atoms with E-state index in [4.69, 9.17) is 9.47 Å². The molecule has 0 N–H and O–H groups in total.